The van der Waals surface area contributed by atoms with Crippen LogP contribution in [-0.4, -0.2) is 102 Å². The first-order valence-electron chi connectivity index (χ1n) is 22.2. The molecule has 3 fully saturated rings. The molecule has 1 unspecified atom stereocenters. The van der Waals surface area contributed by atoms with Gasteiger partial charge in [-0.25, -0.2) is 9.65 Å². The van der Waals surface area contributed by atoms with E-state index < -0.39 is 44.2 Å². The summed E-state index contributed by atoms with van der Waals surface area (Å²) >= 11 is 0. The number of nitrogens with one attached hydrogen (secondary N) is 2. The lowest BCUT2D eigenvalue weighted by atomic mass is 9.80. The summed E-state index contributed by atoms with van der Waals surface area (Å²) in [4.78, 5) is 38.1. The molecule has 3 aliphatic rings. The van der Waals surface area contributed by atoms with Gasteiger partial charge in [-0.05, 0) is 59.4 Å². The molecule has 1 amide bonds. The maximum Gasteiger partial charge on any atom is 0.280 e. The first-order valence-corrected chi connectivity index (χ1v) is 23.3. The van der Waals surface area contributed by atoms with Crippen LogP contribution in [0.4, 0.5) is 5.95 Å². The van der Waals surface area contributed by atoms with Crippen LogP contribution < -0.4 is 20.3 Å². The SMILES string of the molecule is COCCO[C@H]1C(O[P@@]2O[C@H](c3ccccc3)[C@@H]3CCCN32)[C@@H](COC(c2ccccc2)(c2ccc(OC)cc2)c2ccc(OC)cc2)O[C@H]1n1cnc2c(=O)[nH]c(NC(=O)C(C)C)nc21. The van der Waals surface area contributed by atoms with Gasteiger partial charge in [0.25, 0.3) is 14.1 Å². The van der Waals surface area contributed by atoms with E-state index in [9.17, 15) is 9.59 Å². The Kier molecular flexibility index (Phi) is 13.9. The minimum atomic E-state index is -1.63. The Bertz CT molecular complexity index is 2570. The smallest absolute Gasteiger partial charge is 0.280 e. The lowest BCUT2D eigenvalue weighted by molar-refractivity contribution is -0.118. The second kappa shape index (κ2) is 20.1. The van der Waals surface area contributed by atoms with E-state index in [0.29, 0.717) is 11.5 Å². The predicted octanol–water partition coefficient (Wildman–Crippen LogP) is 7.52. The van der Waals surface area contributed by atoms with E-state index in [0.717, 1.165) is 41.6 Å². The van der Waals surface area contributed by atoms with E-state index in [1.807, 2.05) is 97.1 Å². The fourth-order valence-corrected chi connectivity index (χ4v) is 11.0. The summed E-state index contributed by atoms with van der Waals surface area (Å²) in [5.74, 6) is 0.706. The molecule has 0 bridgehead atoms. The minimum absolute atomic E-state index is 0.0106. The molecule has 5 heterocycles. The number of carbonyl (C=O) groups is 1. The summed E-state index contributed by atoms with van der Waals surface area (Å²) in [5, 5.41) is 2.72. The molecular formula is C49H55N6O10P. The number of anilines is 1. The van der Waals surface area contributed by atoms with Gasteiger partial charge in [0.2, 0.25) is 11.9 Å². The number of aromatic amines is 1. The molecule has 0 spiro atoms. The number of methoxy groups -OCH3 is 3. The van der Waals surface area contributed by atoms with Gasteiger partial charge in [-0.1, -0.05) is 98.8 Å². The van der Waals surface area contributed by atoms with Gasteiger partial charge in [0.1, 0.15) is 41.5 Å². The van der Waals surface area contributed by atoms with Crippen molar-refractivity contribution in [2.24, 2.45) is 5.92 Å². The van der Waals surface area contributed by atoms with Gasteiger partial charge in [0.15, 0.2) is 17.4 Å². The van der Waals surface area contributed by atoms with Gasteiger partial charge < -0.3 is 37.5 Å². The number of fused-ring (bicyclic) bond motifs is 2. The molecule has 3 aliphatic heterocycles. The molecule has 16 nitrogen and oxygen atoms in total. The van der Waals surface area contributed by atoms with Crippen molar-refractivity contribution in [3.05, 3.63) is 148 Å². The second-order valence-electron chi connectivity index (χ2n) is 16.7. The van der Waals surface area contributed by atoms with Gasteiger partial charge >= 0.3 is 0 Å². The lowest BCUT2D eigenvalue weighted by Gasteiger charge is -2.37. The zero-order chi connectivity index (χ0) is 45.8. The third-order valence-corrected chi connectivity index (χ3v) is 14.1. The summed E-state index contributed by atoms with van der Waals surface area (Å²) in [6, 6.07) is 36.1. The average Bonchev–Trinajstić information content (AvgIpc) is 4.15. The van der Waals surface area contributed by atoms with Crippen LogP contribution in [0.3, 0.4) is 0 Å². The number of hydrogen-bond acceptors (Lipinski definition) is 13. The monoisotopic (exact) mass is 918 g/mol. The molecule has 7 atom stereocenters. The fraction of sp³-hybridized carbons (Fsp3) is 0.388. The van der Waals surface area contributed by atoms with Crippen LogP contribution in [0.5, 0.6) is 11.5 Å². The molecule has 66 heavy (non-hydrogen) atoms. The Hall–Kier alpha value is -5.55. The second-order valence-corrected chi connectivity index (χ2v) is 18.1. The zero-order valence-corrected chi connectivity index (χ0v) is 38.5. The van der Waals surface area contributed by atoms with Gasteiger partial charge in [-0.15, -0.1) is 0 Å². The quantitative estimate of drug-likeness (QED) is 0.0494. The molecule has 2 N–H and O–H groups in total. The molecule has 4 aromatic carbocycles. The highest BCUT2D eigenvalue weighted by Crippen LogP contribution is 2.62. The normalized spacial score (nSPS) is 23.1. The Balaban J connectivity index is 1.16. The molecule has 0 radical (unpaired) electrons. The molecule has 3 saturated heterocycles. The highest BCUT2D eigenvalue weighted by Gasteiger charge is 2.55. The molecule has 2 aromatic heterocycles. The number of amides is 1. The Labute approximate surface area is 384 Å². The number of aromatic nitrogens is 4. The molecule has 0 aliphatic carbocycles. The molecular weight excluding hydrogens is 864 g/mol. The predicted molar refractivity (Wildman–Crippen MR) is 247 cm³/mol. The van der Waals surface area contributed by atoms with Crippen LogP contribution in [0.2, 0.25) is 0 Å². The fourth-order valence-electron chi connectivity index (χ4n) is 8.98. The standard InChI is InChI=1S/C49H55N6O10P/c1-31(2)45(56)52-48-51-44-40(46(57)53-48)50-30-54(44)47-43(61-28-27-58-3)42(65-66-55-26-12-17-38(55)41(64-66)32-13-8-6-9-14-32)39(63-47)29-62-49(33-15-10-7-11-16-33,34-18-22-36(59-4)23-19-34)35-20-24-37(60-5)25-21-35/h6-11,13-16,18-25,30-31,38-39,41-43,47H,12,17,26-29H2,1-5H3,(H2,51,52,53,56,57)/t38-,39+,41+,42?,43-,47+,66+/m0/s1. The van der Waals surface area contributed by atoms with Crippen molar-refractivity contribution >= 4 is 31.5 Å². The van der Waals surface area contributed by atoms with Crippen LogP contribution in [-0.2, 0) is 38.4 Å². The summed E-state index contributed by atoms with van der Waals surface area (Å²) in [5.41, 5.74) is 2.17. The van der Waals surface area contributed by atoms with E-state index >= 15 is 0 Å². The van der Waals surface area contributed by atoms with Crippen molar-refractivity contribution < 1.29 is 42.3 Å². The Morgan fingerprint density at radius 3 is 2.17 bits per heavy atom. The van der Waals surface area contributed by atoms with E-state index in [-0.39, 0.29) is 60.9 Å². The zero-order valence-electron chi connectivity index (χ0n) is 37.6. The van der Waals surface area contributed by atoms with Crippen LogP contribution in [0.1, 0.15) is 61.3 Å². The number of imidazole rings is 1. The summed E-state index contributed by atoms with van der Waals surface area (Å²) in [7, 11) is 3.25. The third kappa shape index (κ3) is 8.99. The van der Waals surface area contributed by atoms with E-state index in [1.54, 1.807) is 39.7 Å². The van der Waals surface area contributed by atoms with Crippen molar-refractivity contribution in [2.75, 3.05) is 53.0 Å². The maximum atomic E-state index is 13.5. The molecule has 17 heteroatoms. The van der Waals surface area contributed by atoms with Crippen LogP contribution in [0.15, 0.2) is 120 Å². The first-order chi connectivity index (χ1) is 32.2. The topological polar surface area (TPSA) is 170 Å². The van der Waals surface area contributed by atoms with Crippen molar-refractivity contribution in [3.63, 3.8) is 0 Å². The molecule has 346 valence electrons. The van der Waals surface area contributed by atoms with E-state index in [4.69, 9.17) is 42.5 Å². The highest BCUT2D eigenvalue weighted by atomic mass is 31.2. The largest absolute Gasteiger partial charge is 0.497 e. The summed E-state index contributed by atoms with van der Waals surface area (Å²) in [6.07, 6.45) is -0.0884. The van der Waals surface area contributed by atoms with Crippen molar-refractivity contribution in [1.82, 2.24) is 24.2 Å². The molecule has 6 aromatic rings. The number of hydrogen-bond donors (Lipinski definition) is 2. The average molecular weight is 919 g/mol. The number of carbonyl (C=O) groups excluding carboxylic acids is 1. The number of ether oxygens (including phenoxy) is 6. The highest BCUT2D eigenvalue weighted by molar-refractivity contribution is 7.45. The number of benzene rings is 4. The van der Waals surface area contributed by atoms with Crippen LogP contribution in [0, 0.1) is 5.92 Å². The van der Waals surface area contributed by atoms with Crippen molar-refractivity contribution in [1.29, 1.82) is 0 Å². The number of nitrogens with zero attached hydrogens (tertiary/aromatic N) is 4. The Morgan fingerprint density at radius 1 is 0.879 bits per heavy atom. The van der Waals surface area contributed by atoms with E-state index in [1.165, 1.54) is 6.33 Å². The van der Waals surface area contributed by atoms with E-state index in [2.05, 4.69) is 32.1 Å². The molecule has 0 saturated carbocycles. The first kappa shape index (κ1) is 45.6. The van der Waals surface area contributed by atoms with Gasteiger partial charge in [0.05, 0.1) is 40.4 Å². The Morgan fingerprint density at radius 2 is 1.53 bits per heavy atom. The van der Waals surface area contributed by atoms with Gasteiger partial charge in [-0.2, -0.15) is 4.98 Å². The van der Waals surface area contributed by atoms with Crippen LogP contribution >= 0.6 is 8.53 Å². The third-order valence-electron chi connectivity index (χ3n) is 12.4. The summed E-state index contributed by atoms with van der Waals surface area (Å²) in [6.45, 7) is 4.78. The number of H-pyrrole nitrogens is 1. The van der Waals surface area contributed by atoms with Gasteiger partial charge in [0, 0.05) is 25.6 Å². The lowest BCUT2D eigenvalue weighted by Crippen LogP contribution is -2.41. The number of rotatable bonds is 18. The van der Waals surface area contributed by atoms with Crippen molar-refractivity contribution in [3.8, 4) is 11.5 Å². The minimum Gasteiger partial charge on any atom is -0.497 e. The molecule has 9 rings (SSSR count). The maximum absolute atomic E-state index is 13.5. The van der Waals surface area contributed by atoms with Crippen LogP contribution in [0.25, 0.3) is 11.2 Å². The van der Waals surface area contributed by atoms with Crippen molar-refractivity contribution in [2.45, 2.75) is 69.0 Å². The van der Waals surface area contributed by atoms with Gasteiger partial charge in [-0.3, -0.25) is 24.5 Å². The summed E-state index contributed by atoms with van der Waals surface area (Å²) < 4.78 is 56.2.